The zero-order chi connectivity index (χ0) is 12.8. The molecule has 0 bridgehead atoms. The molecule has 1 aliphatic rings. The average molecular weight is 245 g/mol. The van der Waals surface area contributed by atoms with E-state index in [4.69, 9.17) is 15.2 Å². The smallest absolute Gasteiger partial charge is 0.134 e. The molecule has 0 radical (unpaired) electrons. The topological polar surface area (TPSA) is 44.5 Å². The van der Waals surface area contributed by atoms with Gasteiger partial charge in [-0.05, 0) is 31.0 Å². The molecule has 3 heteroatoms. The number of hydrogen-bond acceptors (Lipinski definition) is 3. The molecular formula is C15H19NO2. The zero-order valence-electron chi connectivity index (χ0n) is 10.7. The Kier molecular flexibility index (Phi) is 4.63. The van der Waals surface area contributed by atoms with E-state index in [2.05, 4.69) is 11.8 Å². The number of ether oxygens (including phenoxy) is 2. The monoisotopic (exact) mass is 245 g/mol. The molecule has 1 unspecified atom stereocenters. The van der Waals surface area contributed by atoms with Crippen molar-refractivity contribution in [3.63, 3.8) is 0 Å². The Morgan fingerprint density at radius 1 is 1.50 bits per heavy atom. The molecule has 2 rings (SSSR count). The zero-order valence-corrected chi connectivity index (χ0v) is 10.7. The van der Waals surface area contributed by atoms with Crippen molar-refractivity contribution in [1.29, 1.82) is 0 Å². The molecular weight excluding hydrogens is 226 g/mol. The first kappa shape index (κ1) is 12.9. The van der Waals surface area contributed by atoms with Crippen LogP contribution in [0.4, 0.5) is 0 Å². The first-order valence-corrected chi connectivity index (χ1v) is 6.29. The number of nitrogens with two attached hydrogens (primary N) is 1. The summed E-state index contributed by atoms with van der Waals surface area (Å²) in [6.07, 6.45) is 1.08. The van der Waals surface area contributed by atoms with Crippen LogP contribution in [0, 0.1) is 24.7 Å². The summed E-state index contributed by atoms with van der Waals surface area (Å²) >= 11 is 0. The predicted molar refractivity (Wildman–Crippen MR) is 71.5 cm³/mol. The van der Waals surface area contributed by atoms with Gasteiger partial charge in [0.05, 0.1) is 25.3 Å². The van der Waals surface area contributed by atoms with Crippen LogP contribution in [0.1, 0.15) is 17.5 Å². The molecule has 0 aromatic heterocycles. The van der Waals surface area contributed by atoms with Crippen molar-refractivity contribution in [1.82, 2.24) is 0 Å². The molecule has 18 heavy (non-hydrogen) atoms. The molecule has 1 atom stereocenters. The Morgan fingerprint density at radius 2 is 2.39 bits per heavy atom. The van der Waals surface area contributed by atoms with E-state index in [0.717, 1.165) is 30.9 Å². The van der Waals surface area contributed by atoms with Crippen molar-refractivity contribution >= 4 is 0 Å². The summed E-state index contributed by atoms with van der Waals surface area (Å²) < 4.78 is 11.2. The second-order valence-corrected chi connectivity index (χ2v) is 4.55. The van der Waals surface area contributed by atoms with Crippen molar-refractivity contribution in [2.24, 2.45) is 11.7 Å². The fraction of sp³-hybridized carbons (Fsp3) is 0.467. The number of hydrogen-bond donors (Lipinski definition) is 1. The van der Waals surface area contributed by atoms with E-state index in [9.17, 15) is 0 Å². The van der Waals surface area contributed by atoms with E-state index in [1.165, 1.54) is 5.56 Å². The quantitative estimate of drug-likeness (QED) is 0.825. The third-order valence-corrected chi connectivity index (χ3v) is 2.96. The van der Waals surface area contributed by atoms with Gasteiger partial charge in [0.2, 0.25) is 0 Å². The summed E-state index contributed by atoms with van der Waals surface area (Å²) in [5, 5.41) is 0. The van der Waals surface area contributed by atoms with Gasteiger partial charge in [-0.3, -0.25) is 0 Å². The van der Waals surface area contributed by atoms with Gasteiger partial charge in [-0.2, -0.15) is 0 Å². The standard InChI is InChI=1S/C15H19NO2/c1-12-4-5-15(14(9-12)3-2-7-16)18-11-13-6-8-17-10-13/h4-5,9,13H,6-8,10-11,16H2,1H3. The van der Waals surface area contributed by atoms with Gasteiger partial charge in [-0.1, -0.05) is 17.9 Å². The minimum Gasteiger partial charge on any atom is -0.492 e. The first-order valence-electron chi connectivity index (χ1n) is 6.29. The maximum absolute atomic E-state index is 5.85. The summed E-state index contributed by atoms with van der Waals surface area (Å²) in [4.78, 5) is 0. The van der Waals surface area contributed by atoms with E-state index < -0.39 is 0 Å². The minimum absolute atomic E-state index is 0.365. The fourth-order valence-corrected chi connectivity index (χ4v) is 1.94. The van der Waals surface area contributed by atoms with Crippen molar-refractivity contribution in [3.05, 3.63) is 29.3 Å². The van der Waals surface area contributed by atoms with Crippen LogP contribution in [0.5, 0.6) is 5.75 Å². The van der Waals surface area contributed by atoms with E-state index in [-0.39, 0.29) is 0 Å². The maximum atomic E-state index is 5.85. The van der Waals surface area contributed by atoms with Crippen LogP contribution < -0.4 is 10.5 Å². The molecule has 1 aliphatic heterocycles. The van der Waals surface area contributed by atoms with Crippen LogP contribution in [0.3, 0.4) is 0 Å². The first-order chi connectivity index (χ1) is 8.79. The largest absolute Gasteiger partial charge is 0.492 e. The second-order valence-electron chi connectivity index (χ2n) is 4.55. The van der Waals surface area contributed by atoms with Gasteiger partial charge in [-0.25, -0.2) is 0 Å². The lowest BCUT2D eigenvalue weighted by molar-refractivity contribution is 0.167. The van der Waals surface area contributed by atoms with Gasteiger partial charge in [0.15, 0.2) is 0 Å². The molecule has 1 fully saturated rings. The Bertz CT molecular complexity index is 453. The summed E-state index contributed by atoms with van der Waals surface area (Å²) in [6, 6.07) is 6.04. The fourth-order valence-electron chi connectivity index (χ4n) is 1.94. The molecule has 1 saturated heterocycles. The Labute approximate surface area is 108 Å². The molecule has 96 valence electrons. The van der Waals surface area contributed by atoms with E-state index in [1.807, 2.05) is 25.1 Å². The van der Waals surface area contributed by atoms with Crippen LogP contribution in [-0.4, -0.2) is 26.4 Å². The molecule has 0 amide bonds. The normalized spacial score (nSPS) is 18.2. The predicted octanol–water partition coefficient (Wildman–Crippen LogP) is 1.72. The van der Waals surface area contributed by atoms with Gasteiger partial charge < -0.3 is 15.2 Å². The van der Waals surface area contributed by atoms with Gasteiger partial charge in [-0.15, -0.1) is 0 Å². The molecule has 2 N–H and O–H groups in total. The van der Waals surface area contributed by atoms with Crippen LogP contribution in [0.2, 0.25) is 0 Å². The van der Waals surface area contributed by atoms with Crippen molar-refractivity contribution in [2.45, 2.75) is 13.3 Å². The van der Waals surface area contributed by atoms with Crippen LogP contribution in [0.25, 0.3) is 0 Å². The summed E-state index contributed by atoms with van der Waals surface area (Å²) in [5.41, 5.74) is 7.50. The van der Waals surface area contributed by atoms with Gasteiger partial charge in [0, 0.05) is 12.5 Å². The van der Waals surface area contributed by atoms with Crippen molar-refractivity contribution in [3.8, 4) is 17.6 Å². The lowest BCUT2D eigenvalue weighted by Gasteiger charge is -2.12. The lowest BCUT2D eigenvalue weighted by atomic mass is 10.1. The van der Waals surface area contributed by atoms with E-state index in [1.54, 1.807) is 0 Å². The Morgan fingerprint density at radius 3 is 3.11 bits per heavy atom. The Hall–Kier alpha value is -1.50. The summed E-state index contributed by atoms with van der Waals surface area (Å²) in [7, 11) is 0. The minimum atomic E-state index is 0.365. The van der Waals surface area contributed by atoms with Crippen molar-refractivity contribution < 1.29 is 9.47 Å². The molecule has 3 nitrogen and oxygen atoms in total. The van der Waals surface area contributed by atoms with E-state index >= 15 is 0 Å². The molecule has 1 heterocycles. The third-order valence-electron chi connectivity index (χ3n) is 2.96. The third kappa shape index (κ3) is 3.49. The number of rotatable bonds is 3. The maximum Gasteiger partial charge on any atom is 0.134 e. The highest BCUT2D eigenvalue weighted by atomic mass is 16.5. The van der Waals surface area contributed by atoms with Gasteiger partial charge >= 0.3 is 0 Å². The average Bonchev–Trinajstić information content (AvgIpc) is 2.88. The highest BCUT2D eigenvalue weighted by Gasteiger charge is 2.16. The van der Waals surface area contributed by atoms with Crippen molar-refractivity contribution in [2.75, 3.05) is 26.4 Å². The second kappa shape index (κ2) is 6.44. The SMILES string of the molecule is Cc1ccc(OCC2CCOC2)c(C#CCN)c1. The molecule has 0 saturated carbocycles. The molecule has 0 aliphatic carbocycles. The molecule has 1 aromatic carbocycles. The number of benzene rings is 1. The Balaban J connectivity index is 2.05. The highest BCUT2D eigenvalue weighted by molar-refractivity contribution is 5.48. The summed E-state index contributed by atoms with van der Waals surface area (Å²) in [5.74, 6) is 7.27. The highest BCUT2D eigenvalue weighted by Crippen LogP contribution is 2.21. The van der Waals surface area contributed by atoms with Crippen LogP contribution in [0.15, 0.2) is 18.2 Å². The molecule has 0 spiro atoms. The van der Waals surface area contributed by atoms with Crippen LogP contribution >= 0.6 is 0 Å². The molecule has 1 aromatic rings. The van der Waals surface area contributed by atoms with Crippen LogP contribution in [-0.2, 0) is 4.74 Å². The van der Waals surface area contributed by atoms with Gasteiger partial charge in [0.1, 0.15) is 5.75 Å². The summed E-state index contributed by atoms with van der Waals surface area (Å²) in [6.45, 7) is 4.75. The lowest BCUT2D eigenvalue weighted by Crippen LogP contribution is -2.12. The van der Waals surface area contributed by atoms with E-state index in [0.29, 0.717) is 19.1 Å². The number of aryl methyl sites for hydroxylation is 1. The van der Waals surface area contributed by atoms with Gasteiger partial charge in [0.25, 0.3) is 0 Å².